The molecule has 154 valence electrons. The number of hydrogen-bond donors (Lipinski definition) is 0. The first kappa shape index (κ1) is 20.9. The van der Waals surface area contributed by atoms with Crippen molar-refractivity contribution in [2.24, 2.45) is 22.7 Å². The molecular weight excluding hydrogens is 350 g/mol. The Morgan fingerprint density at radius 2 is 2.04 bits per heavy atom. The first-order valence-electron chi connectivity index (χ1n) is 11.0. The van der Waals surface area contributed by atoms with Crippen LogP contribution in [0.25, 0.3) is 0 Å². The van der Waals surface area contributed by atoms with Crippen LogP contribution in [0, 0.1) is 17.8 Å². The Morgan fingerprint density at radius 3 is 2.79 bits per heavy atom. The third-order valence-electron chi connectivity index (χ3n) is 6.39. The lowest BCUT2D eigenvalue weighted by molar-refractivity contribution is 0.0356. The lowest BCUT2D eigenvalue weighted by atomic mass is 9.68. The highest BCUT2D eigenvalue weighted by Crippen LogP contribution is 2.45. The first-order chi connectivity index (χ1) is 13.5. The molecule has 3 aliphatic rings. The quantitative estimate of drug-likeness (QED) is 0.396. The largest absolute Gasteiger partial charge is 0.508 e. The topological polar surface area (TPSA) is 47.9 Å². The van der Waals surface area contributed by atoms with Gasteiger partial charge in [-0.3, -0.25) is 4.99 Å². The van der Waals surface area contributed by atoms with Crippen LogP contribution >= 0.6 is 0 Å². The van der Waals surface area contributed by atoms with E-state index < -0.39 is 6.16 Å². The summed E-state index contributed by atoms with van der Waals surface area (Å²) < 4.78 is 10.4. The van der Waals surface area contributed by atoms with Crippen molar-refractivity contribution in [3.63, 3.8) is 0 Å². The van der Waals surface area contributed by atoms with Crippen LogP contribution in [0.3, 0.4) is 0 Å². The van der Waals surface area contributed by atoms with Crippen LogP contribution in [0.4, 0.5) is 4.79 Å². The van der Waals surface area contributed by atoms with E-state index in [-0.39, 0.29) is 6.04 Å². The van der Waals surface area contributed by atoms with Gasteiger partial charge in [0.1, 0.15) is 0 Å². The predicted octanol–water partition coefficient (Wildman–Crippen LogP) is 6.04. The smallest absolute Gasteiger partial charge is 0.435 e. The van der Waals surface area contributed by atoms with Crippen LogP contribution in [0.5, 0.6) is 0 Å². The maximum atomic E-state index is 11.7. The highest BCUT2D eigenvalue weighted by atomic mass is 16.7. The molecule has 4 atom stereocenters. The van der Waals surface area contributed by atoms with Gasteiger partial charge in [0.25, 0.3) is 0 Å². The van der Waals surface area contributed by atoms with E-state index in [0.717, 1.165) is 19.3 Å². The summed E-state index contributed by atoms with van der Waals surface area (Å²) in [4.78, 5) is 16.8. The standard InChI is InChI=1S/C24H35NO3/c1-5-7-11-19-14-21-17(4)16(3)13-22(23(21)25-19)20-12-9-8-10-18(20)15-28-24(26)27-6-2/h13-14,16,18,20,23H,4-12,15H2,1-3H3. The number of fused-ring (bicyclic) bond motifs is 1. The summed E-state index contributed by atoms with van der Waals surface area (Å²) >= 11 is 0. The predicted molar refractivity (Wildman–Crippen MR) is 114 cm³/mol. The van der Waals surface area contributed by atoms with Gasteiger partial charge in [-0.1, -0.05) is 45.8 Å². The Labute approximate surface area is 169 Å². The molecule has 1 heterocycles. The Kier molecular flexibility index (Phi) is 7.14. The Bertz CT molecular complexity index is 688. The highest BCUT2D eigenvalue weighted by molar-refractivity contribution is 5.99. The molecule has 3 rings (SSSR count). The molecule has 28 heavy (non-hydrogen) atoms. The van der Waals surface area contributed by atoms with Crippen molar-refractivity contribution in [2.75, 3.05) is 13.2 Å². The lowest BCUT2D eigenvalue weighted by Crippen LogP contribution is -2.33. The van der Waals surface area contributed by atoms with Gasteiger partial charge < -0.3 is 9.47 Å². The zero-order chi connectivity index (χ0) is 20.1. The van der Waals surface area contributed by atoms with E-state index in [1.807, 2.05) is 0 Å². The molecule has 0 spiro atoms. The average Bonchev–Trinajstić information content (AvgIpc) is 3.12. The lowest BCUT2D eigenvalue weighted by Gasteiger charge is -2.38. The van der Waals surface area contributed by atoms with Crippen LogP contribution in [-0.2, 0) is 9.47 Å². The second kappa shape index (κ2) is 9.58. The number of ether oxygens (including phenoxy) is 2. The molecule has 1 aliphatic heterocycles. The van der Waals surface area contributed by atoms with Crippen LogP contribution in [0.2, 0.25) is 0 Å². The number of unbranched alkanes of at least 4 members (excludes halogenated alkanes) is 1. The van der Waals surface area contributed by atoms with Gasteiger partial charge in [-0.15, -0.1) is 0 Å². The fourth-order valence-corrected chi connectivity index (χ4v) is 4.80. The van der Waals surface area contributed by atoms with Gasteiger partial charge in [0, 0.05) is 5.71 Å². The Hall–Kier alpha value is -1.84. The maximum Gasteiger partial charge on any atom is 0.508 e. The molecule has 0 aromatic rings. The third kappa shape index (κ3) is 4.59. The first-order valence-corrected chi connectivity index (χ1v) is 11.0. The Balaban J connectivity index is 1.79. The summed E-state index contributed by atoms with van der Waals surface area (Å²) in [6.45, 7) is 11.4. The summed E-state index contributed by atoms with van der Waals surface area (Å²) in [6.07, 6.45) is 12.2. The minimum Gasteiger partial charge on any atom is -0.435 e. The van der Waals surface area contributed by atoms with Gasteiger partial charge in [0.2, 0.25) is 0 Å². The summed E-state index contributed by atoms with van der Waals surface area (Å²) in [5, 5.41) is 0. The van der Waals surface area contributed by atoms with Crippen LogP contribution in [0.15, 0.2) is 40.4 Å². The molecule has 0 bridgehead atoms. The van der Waals surface area contributed by atoms with Gasteiger partial charge in [0.15, 0.2) is 0 Å². The molecule has 4 unspecified atom stereocenters. The number of hydrogen-bond acceptors (Lipinski definition) is 4. The molecule has 0 saturated heterocycles. The number of allylic oxidation sites excluding steroid dienone is 2. The average molecular weight is 386 g/mol. The summed E-state index contributed by atoms with van der Waals surface area (Å²) in [5.74, 6) is 1.10. The minimum absolute atomic E-state index is 0.128. The SMILES string of the molecule is C=C1C2=CC(CCCC)=NC2C(C2CCCCC2COC(=O)OCC)=CC1C. The van der Waals surface area contributed by atoms with Crippen LogP contribution in [0.1, 0.15) is 65.7 Å². The zero-order valence-electron chi connectivity index (χ0n) is 17.7. The molecule has 4 heteroatoms. The second-order valence-corrected chi connectivity index (χ2v) is 8.35. The van der Waals surface area contributed by atoms with E-state index in [4.69, 9.17) is 14.5 Å². The van der Waals surface area contributed by atoms with Crippen LogP contribution in [-0.4, -0.2) is 31.1 Å². The van der Waals surface area contributed by atoms with Crippen molar-refractivity contribution in [3.8, 4) is 0 Å². The van der Waals surface area contributed by atoms with E-state index in [2.05, 4.69) is 32.6 Å². The molecule has 0 N–H and O–H groups in total. The van der Waals surface area contributed by atoms with Crippen molar-refractivity contribution in [1.82, 2.24) is 0 Å². The van der Waals surface area contributed by atoms with E-state index in [9.17, 15) is 4.79 Å². The van der Waals surface area contributed by atoms with E-state index in [0.29, 0.717) is 31.0 Å². The molecule has 0 aromatic carbocycles. The minimum atomic E-state index is -0.549. The molecule has 4 nitrogen and oxygen atoms in total. The van der Waals surface area contributed by atoms with Crippen molar-refractivity contribution < 1.29 is 14.3 Å². The van der Waals surface area contributed by atoms with Gasteiger partial charge in [-0.2, -0.15) is 0 Å². The highest BCUT2D eigenvalue weighted by Gasteiger charge is 2.39. The van der Waals surface area contributed by atoms with E-state index in [1.165, 1.54) is 48.1 Å². The normalized spacial score (nSPS) is 29.5. The molecule has 0 radical (unpaired) electrons. The maximum absolute atomic E-state index is 11.7. The summed E-state index contributed by atoms with van der Waals surface area (Å²) in [5.41, 5.74) is 5.17. The van der Waals surface area contributed by atoms with E-state index in [1.54, 1.807) is 6.92 Å². The molecular formula is C24H35NO3. The van der Waals surface area contributed by atoms with Crippen molar-refractivity contribution in [3.05, 3.63) is 35.5 Å². The monoisotopic (exact) mass is 385 g/mol. The van der Waals surface area contributed by atoms with Gasteiger partial charge >= 0.3 is 6.16 Å². The number of aliphatic imine (C=N–C) groups is 1. The summed E-state index contributed by atoms with van der Waals surface area (Å²) in [7, 11) is 0. The van der Waals surface area contributed by atoms with Gasteiger partial charge in [-0.25, -0.2) is 4.79 Å². The number of nitrogens with zero attached hydrogens (tertiary/aromatic N) is 1. The number of carbonyl (C=O) groups excluding carboxylic acids is 1. The van der Waals surface area contributed by atoms with Crippen molar-refractivity contribution >= 4 is 11.9 Å². The fraction of sp³-hybridized carbons (Fsp3) is 0.667. The molecule has 0 aromatic heterocycles. The van der Waals surface area contributed by atoms with Gasteiger partial charge in [-0.05, 0) is 73.2 Å². The van der Waals surface area contributed by atoms with Crippen molar-refractivity contribution in [2.45, 2.75) is 71.8 Å². The second-order valence-electron chi connectivity index (χ2n) is 8.35. The number of rotatable bonds is 7. The molecule has 1 saturated carbocycles. The van der Waals surface area contributed by atoms with E-state index >= 15 is 0 Å². The fourth-order valence-electron chi connectivity index (χ4n) is 4.80. The third-order valence-corrected chi connectivity index (χ3v) is 6.39. The van der Waals surface area contributed by atoms with Crippen LogP contribution < -0.4 is 0 Å². The molecule has 2 aliphatic carbocycles. The van der Waals surface area contributed by atoms with Crippen molar-refractivity contribution in [1.29, 1.82) is 0 Å². The molecule has 1 fully saturated rings. The zero-order valence-corrected chi connectivity index (χ0v) is 17.7. The number of carbonyl (C=O) groups is 1. The summed E-state index contributed by atoms with van der Waals surface area (Å²) in [6, 6.07) is 0.128. The van der Waals surface area contributed by atoms with Gasteiger partial charge in [0.05, 0.1) is 19.3 Å². The Morgan fingerprint density at radius 1 is 1.25 bits per heavy atom. The molecule has 0 amide bonds.